The van der Waals surface area contributed by atoms with Gasteiger partial charge in [-0.1, -0.05) is 0 Å². The van der Waals surface area contributed by atoms with Gasteiger partial charge in [0.25, 0.3) is 0 Å². The van der Waals surface area contributed by atoms with Gasteiger partial charge in [-0.2, -0.15) is 10.2 Å². The highest BCUT2D eigenvalue weighted by atomic mass is 16.7. The highest BCUT2D eigenvalue weighted by Gasteiger charge is 2.18. The van der Waals surface area contributed by atoms with Crippen LogP contribution in [-0.4, -0.2) is 32.8 Å². The van der Waals surface area contributed by atoms with E-state index in [1.165, 1.54) is 0 Å². The second kappa shape index (κ2) is 6.60. The molecule has 7 heteroatoms. The molecule has 0 saturated carbocycles. The molecule has 0 aliphatic carbocycles. The van der Waals surface area contributed by atoms with Crippen LogP contribution in [0, 0.1) is 0 Å². The Morgan fingerprint density at radius 2 is 2.16 bits per heavy atom. The molecule has 2 atom stereocenters. The number of rotatable bonds is 6. The molecule has 0 fully saturated rings. The molecule has 0 bridgehead atoms. The van der Waals surface area contributed by atoms with E-state index in [9.17, 15) is 0 Å². The number of benzene rings is 1. The maximum Gasteiger partial charge on any atom is 0.231 e. The fraction of sp³-hybridized carbons (Fsp3) is 0.333. The minimum absolute atomic E-state index is 0.260. The van der Waals surface area contributed by atoms with Crippen molar-refractivity contribution in [3.05, 3.63) is 48.4 Å². The number of aromatic amines is 1. The Balaban J connectivity index is 1.47. The van der Waals surface area contributed by atoms with Crippen LogP contribution in [0.4, 0.5) is 0 Å². The molecule has 25 heavy (non-hydrogen) atoms. The lowest BCUT2D eigenvalue weighted by atomic mass is 10.1. The topological polar surface area (TPSA) is 77.0 Å². The maximum absolute atomic E-state index is 5.47. The summed E-state index contributed by atoms with van der Waals surface area (Å²) in [5.41, 5.74) is 3.13. The molecule has 2 N–H and O–H groups in total. The number of fused-ring (bicyclic) bond motifs is 1. The van der Waals surface area contributed by atoms with Crippen molar-refractivity contribution in [3.8, 4) is 22.8 Å². The number of nitrogens with one attached hydrogen (secondary N) is 2. The number of hydrogen-bond donors (Lipinski definition) is 2. The minimum Gasteiger partial charge on any atom is -0.454 e. The molecule has 0 spiro atoms. The summed E-state index contributed by atoms with van der Waals surface area (Å²) in [6.45, 7) is 5.30. The Labute approximate surface area is 146 Å². The summed E-state index contributed by atoms with van der Waals surface area (Å²) in [7, 11) is 0. The molecule has 0 unspecified atom stereocenters. The standard InChI is InChI=1S/C18H21N5O2/c1-12(13(2)23-7-3-6-21-23)19-9-15-10-20-22-18(15)14-4-5-16-17(8-14)25-11-24-16/h3-8,10,12-13,19H,9,11H2,1-2H3,(H,20,22)/t12-,13+/m0/s1. The van der Waals surface area contributed by atoms with Crippen LogP contribution in [0.1, 0.15) is 25.5 Å². The van der Waals surface area contributed by atoms with E-state index < -0.39 is 0 Å². The monoisotopic (exact) mass is 339 g/mol. The fourth-order valence-corrected chi connectivity index (χ4v) is 2.94. The molecule has 1 aliphatic heterocycles. The van der Waals surface area contributed by atoms with Crippen LogP contribution in [0.5, 0.6) is 11.5 Å². The number of ether oxygens (including phenoxy) is 2. The van der Waals surface area contributed by atoms with E-state index in [-0.39, 0.29) is 18.9 Å². The molecule has 130 valence electrons. The van der Waals surface area contributed by atoms with Crippen molar-refractivity contribution < 1.29 is 9.47 Å². The quantitative estimate of drug-likeness (QED) is 0.722. The number of aromatic nitrogens is 4. The molecule has 0 saturated heterocycles. The van der Waals surface area contributed by atoms with Gasteiger partial charge in [0.05, 0.1) is 17.9 Å². The number of H-pyrrole nitrogens is 1. The molecule has 0 amide bonds. The highest BCUT2D eigenvalue weighted by Crippen LogP contribution is 2.36. The lowest BCUT2D eigenvalue weighted by Crippen LogP contribution is -2.33. The SMILES string of the molecule is C[C@H](NCc1cn[nH]c1-c1ccc2c(c1)OCO2)[C@@H](C)n1cccn1. The van der Waals surface area contributed by atoms with Crippen molar-refractivity contribution in [2.24, 2.45) is 0 Å². The van der Waals surface area contributed by atoms with Gasteiger partial charge < -0.3 is 14.8 Å². The van der Waals surface area contributed by atoms with Gasteiger partial charge in [0, 0.05) is 36.1 Å². The van der Waals surface area contributed by atoms with E-state index in [0.717, 1.165) is 28.3 Å². The predicted molar refractivity (Wildman–Crippen MR) is 93.4 cm³/mol. The molecule has 1 aromatic carbocycles. The first-order valence-corrected chi connectivity index (χ1v) is 8.37. The average molecular weight is 339 g/mol. The minimum atomic E-state index is 0.260. The Morgan fingerprint density at radius 3 is 3.00 bits per heavy atom. The van der Waals surface area contributed by atoms with Crippen molar-refractivity contribution in [3.63, 3.8) is 0 Å². The Morgan fingerprint density at radius 1 is 1.28 bits per heavy atom. The number of nitrogens with zero attached hydrogens (tertiary/aromatic N) is 3. The van der Waals surface area contributed by atoms with Crippen LogP contribution in [-0.2, 0) is 6.54 Å². The molecule has 1 aliphatic rings. The zero-order chi connectivity index (χ0) is 17.2. The molecular weight excluding hydrogens is 318 g/mol. The molecular formula is C18H21N5O2. The number of hydrogen-bond acceptors (Lipinski definition) is 5. The summed E-state index contributed by atoms with van der Waals surface area (Å²) in [5.74, 6) is 1.55. The van der Waals surface area contributed by atoms with Crippen LogP contribution in [0.3, 0.4) is 0 Å². The summed E-state index contributed by atoms with van der Waals surface area (Å²) in [5, 5.41) is 15.2. The average Bonchev–Trinajstić information content (AvgIpc) is 3.39. The molecule has 0 radical (unpaired) electrons. The molecule has 7 nitrogen and oxygen atoms in total. The zero-order valence-electron chi connectivity index (χ0n) is 14.3. The van der Waals surface area contributed by atoms with Crippen molar-refractivity contribution in [2.45, 2.75) is 32.5 Å². The van der Waals surface area contributed by atoms with Gasteiger partial charge >= 0.3 is 0 Å². The smallest absolute Gasteiger partial charge is 0.231 e. The first-order chi connectivity index (χ1) is 12.2. The normalized spacial score (nSPS) is 15.3. The second-order valence-corrected chi connectivity index (χ2v) is 6.23. The summed E-state index contributed by atoms with van der Waals surface area (Å²) in [6, 6.07) is 8.39. The maximum atomic E-state index is 5.47. The van der Waals surface area contributed by atoms with E-state index in [0.29, 0.717) is 6.54 Å². The molecule has 4 rings (SSSR count). The summed E-state index contributed by atoms with van der Waals surface area (Å²) in [6.07, 6.45) is 5.65. The van der Waals surface area contributed by atoms with Crippen LogP contribution < -0.4 is 14.8 Å². The van der Waals surface area contributed by atoms with E-state index in [2.05, 4.69) is 34.5 Å². The van der Waals surface area contributed by atoms with Gasteiger partial charge in [-0.25, -0.2) is 0 Å². The van der Waals surface area contributed by atoms with Gasteiger partial charge in [0.2, 0.25) is 6.79 Å². The van der Waals surface area contributed by atoms with Crippen LogP contribution in [0.25, 0.3) is 11.3 Å². The lowest BCUT2D eigenvalue weighted by molar-refractivity contribution is 0.174. The van der Waals surface area contributed by atoms with E-state index in [4.69, 9.17) is 9.47 Å². The van der Waals surface area contributed by atoms with Crippen molar-refractivity contribution in [2.75, 3.05) is 6.79 Å². The summed E-state index contributed by atoms with van der Waals surface area (Å²) < 4.78 is 12.8. The summed E-state index contributed by atoms with van der Waals surface area (Å²) >= 11 is 0. The fourth-order valence-electron chi connectivity index (χ4n) is 2.94. The third kappa shape index (κ3) is 3.10. The van der Waals surface area contributed by atoms with Crippen LogP contribution >= 0.6 is 0 Å². The highest BCUT2D eigenvalue weighted by molar-refractivity contribution is 5.66. The van der Waals surface area contributed by atoms with Crippen molar-refractivity contribution in [1.82, 2.24) is 25.3 Å². The largest absolute Gasteiger partial charge is 0.454 e. The third-order valence-electron chi connectivity index (χ3n) is 4.66. The third-order valence-corrected chi connectivity index (χ3v) is 4.66. The molecule has 3 heterocycles. The van der Waals surface area contributed by atoms with E-state index in [1.807, 2.05) is 41.3 Å². The predicted octanol–water partition coefficient (Wildman–Crippen LogP) is 2.74. The van der Waals surface area contributed by atoms with E-state index in [1.54, 1.807) is 6.20 Å². The molecule has 2 aromatic heterocycles. The Kier molecular flexibility index (Phi) is 4.15. The van der Waals surface area contributed by atoms with Crippen molar-refractivity contribution >= 4 is 0 Å². The first-order valence-electron chi connectivity index (χ1n) is 8.37. The van der Waals surface area contributed by atoms with Gasteiger partial charge in [-0.05, 0) is 38.1 Å². The van der Waals surface area contributed by atoms with Gasteiger partial charge in [0.1, 0.15) is 0 Å². The van der Waals surface area contributed by atoms with Crippen molar-refractivity contribution in [1.29, 1.82) is 0 Å². The second-order valence-electron chi connectivity index (χ2n) is 6.23. The Hall–Kier alpha value is -2.80. The first kappa shape index (κ1) is 15.7. The zero-order valence-corrected chi connectivity index (χ0v) is 14.3. The van der Waals surface area contributed by atoms with Crippen LogP contribution in [0.2, 0.25) is 0 Å². The van der Waals surface area contributed by atoms with Crippen LogP contribution in [0.15, 0.2) is 42.9 Å². The van der Waals surface area contributed by atoms with Gasteiger partial charge in [0.15, 0.2) is 11.5 Å². The summed E-state index contributed by atoms with van der Waals surface area (Å²) in [4.78, 5) is 0. The lowest BCUT2D eigenvalue weighted by Gasteiger charge is -2.21. The Bertz CT molecular complexity index is 843. The van der Waals surface area contributed by atoms with E-state index >= 15 is 0 Å². The van der Waals surface area contributed by atoms with Gasteiger partial charge in [-0.3, -0.25) is 9.78 Å². The molecule has 3 aromatic rings. The van der Waals surface area contributed by atoms with Gasteiger partial charge in [-0.15, -0.1) is 0 Å².